The van der Waals surface area contributed by atoms with Gasteiger partial charge in [-0.3, -0.25) is 9.78 Å². The summed E-state index contributed by atoms with van der Waals surface area (Å²) in [6.45, 7) is 4.18. The van der Waals surface area contributed by atoms with Gasteiger partial charge in [0.2, 0.25) is 5.78 Å². The minimum atomic E-state index is -0.00472. The standard InChI is InChI=1S/C15H15NO/c1-11(2)12-7-3-4-8-13(12)15(17)14-9-5-6-10-16-14/h3-11H,1-2H3. The van der Waals surface area contributed by atoms with Crippen LogP contribution in [0.3, 0.4) is 0 Å². The van der Waals surface area contributed by atoms with E-state index in [2.05, 4.69) is 18.8 Å². The van der Waals surface area contributed by atoms with Crippen molar-refractivity contribution in [1.82, 2.24) is 4.98 Å². The Morgan fingerprint density at radius 3 is 2.41 bits per heavy atom. The second-order valence-corrected chi connectivity index (χ2v) is 4.29. The number of ketones is 1. The van der Waals surface area contributed by atoms with E-state index < -0.39 is 0 Å². The van der Waals surface area contributed by atoms with Gasteiger partial charge < -0.3 is 0 Å². The largest absolute Gasteiger partial charge is 0.287 e. The average molecular weight is 225 g/mol. The maximum absolute atomic E-state index is 12.3. The lowest BCUT2D eigenvalue weighted by Gasteiger charge is -2.10. The van der Waals surface area contributed by atoms with Crippen molar-refractivity contribution in [2.75, 3.05) is 0 Å². The zero-order valence-corrected chi connectivity index (χ0v) is 10.1. The molecule has 0 saturated carbocycles. The molecule has 1 heterocycles. The van der Waals surface area contributed by atoms with E-state index in [1.54, 1.807) is 12.3 Å². The second kappa shape index (κ2) is 4.91. The number of carbonyl (C=O) groups is 1. The molecule has 2 heteroatoms. The molecule has 2 rings (SSSR count). The Kier molecular flexibility index (Phi) is 3.33. The smallest absolute Gasteiger partial charge is 0.211 e. The summed E-state index contributed by atoms with van der Waals surface area (Å²) in [4.78, 5) is 16.4. The first-order valence-corrected chi connectivity index (χ1v) is 5.75. The highest BCUT2D eigenvalue weighted by Gasteiger charge is 2.15. The fourth-order valence-electron chi connectivity index (χ4n) is 1.84. The lowest BCUT2D eigenvalue weighted by atomic mass is 9.94. The van der Waals surface area contributed by atoms with Gasteiger partial charge in [0.15, 0.2) is 0 Å². The Hall–Kier alpha value is -1.96. The van der Waals surface area contributed by atoms with Crippen molar-refractivity contribution in [2.45, 2.75) is 19.8 Å². The number of hydrogen-bond donors (Lipinski definition) is 0. The molecule has 1 aromatic carbocycles. The zero-order chi connectivity index (χ0) is 12.3. The van der Waals surface area contributed by atoms with Crippen LogP contribution in [0.15, 0.2) is 48.7 Å². The summed E-state index contributed by atoms with van der Waals surface area (Å²) in [5, 5.41) is 0. The van der Waals surface area contributed by atoms with E-state index in [1.807, 2.05) is 36.4 Å². The molecule has 0 radical (unpaired) electrons. The van der Waals surface area contributed by atoms with Crippen LogP contribution in [-0.2, 0) is 0 Å². The summed E-state index contributed by atoms with van der Waals surface area (Å²) in [7, 11) is 0. The molecule has 0 aliphatic carbocycles. The molecule has 0 aliphatic heterocycles. The van der Waals surface area contributed by atoms with E-state index in [-0.39, 0.29) is 5.78 Å². The van der Waals surface area contributed by atoms with Gasteiger partial charge in [-0.2, -0.15) is 0 Å². The fraction of sp³-hybridized carbons (Fsp3) is 0.200. The highest BCUT2D eigenvalue weighted by molar-refractivity contribution is 6.08. The number of hydrogen-bond acceptors (Lipinski definition) is 2. The lowest BCUT2D eigenvalue weighted by Crippen LogP contribution is -2.07. The molecule has 0 N–H and O–H groups in total. The Morgan fingerprint density at radius 1 is 1.06 bits per heavy atom. The third-order valence-corrected chi connectivity index (χ3v) is 2.72. The van der Waals surface area contributed by atoms with Crippen LogP contribution in [0.1, 0.15) is 41.4 Å². The van der Waals surface area contributed by atoms with E-state index in [4.69, 9.17) is 0 Å². The van der Waals surface area contributed by atoms with Gasteiger partial charge in [0.1, 0.15) is 5.69 Å². The maximum atomic E-state index is 12.3. The second-order valence-electron chi connectivity index (χ2n) is 4.29. The van der Waals surface area contributed by atoms with Crippen LogP contribution < -0.4 is 0 Å². The molecular weight excluding hydrogens is 210 g/mol. The highest BCUT2D eigenvalue weighted by Crippen LogP contribution is 2.21. The third kappa shape index (κ3) is 2.41. The van der Waals surface area contributed by atoms with Gasteiger partial charge in [0, 0.05) is 11.8 Å². The summed E-state index contributed by atoms with van der Waals surface area (Å²) >= 11 is 0. The van der Waals surface area contributed by atoms with Crippen LogP contribution in [-0.4, -0.2) is 10.8 Å². The first-order valence-electron chi connectivity index (χ1n) is 5.75. The molecule has 0 amide bonds. The van der Waals surface area contributed by atoms with Crippen LogP contribution in [0.2, 0.25) is 0 Å². The van der Waals surface area contributed by atoms with Crippen molar-refractivity contribution in [2.24, 2.45) is 0 Å². The van der Waals surface area contributed by atoms with Crippen molar-refractivity contribution in [1.29, 1.82) is 0 Å². The molecule has 0 spiro atoms. The molecule has 0 bridgehead atoms. The monoisotopic (exact) mass is 225 g/mol. The van der Waals surface area contributed by atoms with E-state index >= 15 is 0 Å². The number of carbonyl (C=O) groups excluding carboxylic acids is 1. The van der Waals surface area contributed by atoms with Gasteiger partial charge in [-0.1, -0.05) is 44.2 Å². The lowest BCUT2D eigenvalue weighted by molar-refractivity contribution is 0.103. The molecule has 0 aliphatic rings. The van der Waals surface area contributed by atoms with Crippen LogP contribution in [0.5, 0.6) is 0 Å². The molecule has 1 aromatic heterocycles. The van der Waals surface area contributed by atoms with Crippen molar-refractivity contribution in [3.05, 3.63) is 65.5 Å². The minimum Gasteiger partial charge on any atom is -0.287 e. The van der Waals surface area contributed by atoms with Crippen molar-refractivity contribution in [3.63, 3.8) is 0 Å². The van der Waals surface area contributed by atoms with E-state index in [0.29, 0.717) is 11.6 Å². The molecule has 86 valence electrons. The number of nitrogens with zero attached hydrogens (tertiary/aromatic N) is 1. The molecule has 0 saturated heterocycles. The fourth-order valence-corrected chi connectivity index (χ4v) is 1.84. The van der Waals surface area contributed by atoms with Crippen LogP contribution in [0.25, 0.3) is 0 Å². The van der Waals surface area contributed by atoms with E-state index in [0.717, 1.165) is 11.1 Å². The molecule has 0 atom stereocenters. The molecule has 2 nitrogen and oxygen atoms in total. The third-order valence-electron chi connectivity index (χ3n) is 2.72. The summed E-state index contributed by atoms with van der Waals surface area (Å²) in [6.07, 6.45) is 1.64. The van der Waals surface area contributed by atoms with Crippen molar-refractivity contribution >= 4 is 5.78 Å². The van der Waals surface area contributed by atoms with E-state index in [1.165, 1.54) is 0 Å². The van der Waals surface area contributed by atoms with Crippen LogP contribution in [0.4, 0.5) is 0 Å². The number of benzene rings is 1. The SMILES string of the molecule is CC(C)c1ccccc1C(=O)c1ccccn1. The predicted octanol–water partition coefficient (Wildman–Crippen LogP) is 3.44. The first-order chi connectivity index (χ1) is 8.20. The molecular formula is C15H15NO. The molecule has 17 heavy (non-hydrogen) atoms. The van der Waals surface area contributed by atoms with Gasteiger partial charge in [-0.25, -0.2) is 0 Å². The summed E-state index contributed by atoms with van der Waals surface area (Å²) in [6, 6.07) is 13.1. The predicted molar refractivity (Wildman–Crippen MR) is 68.2 cm³/mol. The summed E-state index contributed by atoms with van der Waals surface area (Å²) < 4.78 is 0. The number of aromatic nitrogens is 1. The van der Waals surface area contributed by atoms with Gasteiger partial charge in [0.05, 0.1) is 0 Å². The van der Waals surface area contributed by atoms with Gasteiger partial charge >= 0.3 is 0 Å². The Bertz CT molecular complexity index is 517. The molecule has 0 unspecified atom stereocenters. The number of pyridine rings is 1. The minimum absolute atomic E-state index is 0.00472. The van der Waals surface area contributed by atoms with Gasteiger partial charge in [0.25, 0.3) is 0 Å². The van der Waals surface area contributed by atoms with Crippen LogP contribution >= 0.6 is 0 Å². The van der Waals surface area contributed by atoms with Gasteiger partial charge in [-0.15, -0.1) is 0 Å². The topological polar surface area (TPSA) is 30.0 Å². The molecule has 2 aromatic rings. The maximum Gasteiger partial charge on any atom is 0.211 e. The Morgan fingerprint density at radius 2 is 1.76 bits per heavy atom. The average Bonchev–Trinajstić information content (AvgIpc) is 2.39. The number of rotatable bonds is 3. The van der Waals surface area contributed by atoms with Crippen molar-refractivity contribution in [3.8, 4) is 0 Å². The first kappa shape index (κ1) is 11.5. The normalized spacial score (nSPS) is 10.5. The summed E-state index contributed by atoms with van der Waals surface area (Å²) in [5.74, 6) is 0.328. The van der Waals surface area contributed by atoms with E-state index in [9.17, 15) is 4.79 Å². The Labute approximate surface area is 101 Å². The van der Waals surface area contributed by atoms with Crippen LogP contribution in [0, 0.1) is 0 Å². The quantitative estimate of drug-likeness (QED) is 0.749. The summed E-state index contributed by atoms with van der Waals surface area (Å²) in [5.41, 5.74) is 2.32. The zero-order valence-electron chi connectivity index (χ0n) is 10.1. The highest BCUT2D eigenvalue weighted by atomic mass is 16.1. The van der Waals surface area contributed by atoms with Gasteiger partial charge in [-0.05, 0) is 23.6 Å². The molecule has 0 fully saturated rings. The van der Waals surface area contributed by atoms with Crippen molar-refractivity contribution < 1.29 is 4.79 Å². The Balaban J connectivity index is 2.45.